The van der Waals surface area contributed by atoms with Crippen molar-refractivity contribution in [2.75, 3.05) is 0 Å². The second-order valence-corrected chi connectivity index (χ2v) is 5.56. The van der Waals surface area contributed by atoms with E-state index in [-0.39, 0.29) is 17.2 Å². The van der Waals surface area contributed by atoms with Gasteiger partial charge < -0.3 is 15.5 Å². The summed E-state index contributed by atoms with van der Waals surface area (Å²) in [4.78, 5) is 23.8. The number of carboxylic acids is 1. The van der Waals surface area contributed by atoms with Crippen molar-refractivity contribution in [3.8, 4) is 5.75 Å². The number of phenolic OH excluding ortho intramolecular Hbond substituents is 1. The van der Waals surface area contributed by atoms with E-state index in [9.17, 15) is 19.8 Å². The van der Waals surface area contributed by atoms with E-state index >= 15 is 0 Å². The molecule has 0 spiro atoms. The fraction of sp³-hybridized carbons (Fsp3) is 0.467. The predicted octanol–water partition coefficient (Wildman–Crippen LogP) is 2.16. The lowest BCUT2D eigenvalue weighted by molar-refractivity contribution is -0.146. The Morgan fingerprint density at radius 1 is 1.35 bits per heavy atom. The first-order valence-electron chi connectivity index (χ1n) is 6.78. The Morgan fingerprint density at radius 2 is 2.05 bits per heavy atom. The van der Waals surface area contributed by atoms with Gasteiger partial charge in [-0.15, -0.1) is 0 Å². The van der Waals surface area contributed by atoms with Crippen molar-refractivity contribution in [3.63, 3.8) is 0 Å². The molecule has 0 radical (unpaired) electrons. The number of hydrogen-bond acceptors (Lipinski definition) is 3. The molecule has 1 aliphatic carbocycles. The molecule has 1 fully saturated rings. The first-order chi connectivity index (χ1) is 9.44. The van der Waals surface area contributed by atoms with Crippen LogP contribution >= 0.6 is 0 Å². The van der Waals surface area contributed by atoms with E-state index in [0.717, 1.165) is 12.8 Å². The number of benzene rings is 1. The fourth-order valence-electron chi connectivity index (χ4n) is 2.86. The van der Waals surface area contributed by atoms with Gasteiger partial charge in [-0.3, -0.25) is 4.79 Å². The average molecular weight is 277 g/mol. The number of phenols is 1. The molecule has 3 N–H and O–H groups in total. The predicted molar refractivity (Wildman–Crippen MR) is 73.6 cm³/mol. The Morgan fingerprint density at radius 3 is 2.65 bits per heavy atom. The zero-order valence-corrected chi connectivity index (χ0v) is 11.4. The number of para-hydroxylation sites is 1. The molecule has 5 nitrogen and oxygen atoms in total. The van der Waals surface area contributed by atoms with E-state index in [1.54, 1.807) is 12.1 Å². The second-order valence-electron chi connectivity index (χ2n) is 5.56. The van der Waals surface area contributed by atoms with E-state index in [1.807, 2.05) is 6.92 Å². The smallest absolute Gasteiger partial charge is 0.329 e. The lowest BCUT2D eigenvalue weighted by atomic mass is 9.76. The number of carbonyl (C=O) groups is 2. The summed E-state index contributed by atoms with van der Waals surface area (Å²) in [6, 6.07) is 6.13. The molecule has 2 atom stereocenters. The van der Waals surface area contributed by atoms with Crippen molar-refractivity contribution >= 4 is 11.9 Å². The molecule has 0 saturated heterocycles. The molecule has 1 aliphatic rings. The van der Waals surface area contributed by atoms with Crippen LogP contribution in [0.1, 0.15) is 43.0 Å². The third-order valence-corrected chi connectivity index (χ3v) is 3.91. The monoisotopic (exact) mass is 277 g/mol. The van der Waals surface area contributed by atoms with Gasteiger partial charge in [0.15, 0.2) is 0 Å². The first-order valence-corrected chi connectivity index (χ1v) is 6.78. The molecule has 0 aliphatic heterocycles. The molecule has 1 aromatic rings. The number of carbonyl (C=O) groups excluding carboxylic acids is 1. The number of hydrogen-bond donors (Lipinski definition) is 3. The van der Waals surface area contributed by atoms with E-state index in [1.165, 1.54) is 12.1 Å². The Labute approximate surface area is 117 Å². The van der Waals surface area contributed by atoms with Gasteiger partial charge >= 0.3 is 5.97 Å². The van der Waals surface area contributed by atoms with Crippen molar-refractivity contribution in [2.45, 2.75) is 38.1 Å². The molecule has 2 unspecified atom stereocenters. The topological polar surface area (TPSA) is 86.6 Å². The van der Waals surface area contributed by atoms with Crippen LogP contribution in [-0.2, 0) is 4.79 Å². The van der Waals surface area contributed by atoms with Crippen LogP contribution in [0.3, 0.4) is 0 Å². The minimum Gasteiger partial charge on any atom is -0.507 e. The highest BCUT2D eigenvalue weighted by Crippen LogP contribution is 2.33. The largest absolute Gasteiger partial charge is 0.507 e. The van der Waals surface area contributed by atoms with Gasteiger partial charge in [-0.25, -0.2) is 4.79 Å². The van der Waals surface area contributed by atoms with Crippen LogP contribution < -0.4 is 5.32 Å². The summed E-state index contributed by atoms with van der Waals surface area (Å²) >= 11 is 0. The highest BCUT2D eigenvalue weighted by Gasteiger charge is 2.43. The van der Waals surface area contributed by atoms with E-state index in [0.29, 0.717) is 12.8 Å². The third kappa shape index (κ3) is 2.76. The first kappa shape index (κ1) is 14.4. The molecule has 0 bridgehead atoms. The SMILES string of the molecule is CC1CCCC(NC(=O)c2ccccc2O)(C(=O)O)C1. The molecular weight excluding hydrogens is 258 g/mol. The quantitative estimate of drug-likeness (QED) is 0.790. The van der Waals surface area contributed by atoms with Gasteiger partial charge in [-0.05, 0) is 30.9 Å². The molecule has 1 amide bonds. The Hall–Kier alpha value is -2.04. The Bertz CT molecular complexity index is 528. The normalized spacial score (nSPS) is 25.9. The minimum atomic E-state index is -1.23. The Kier molecular flexibility index (Phi) is 3.97. The van der Waals surface area contributed by atoms with Crippen LogP contribution in [0.4, 0.5) is 0 Å². The van der Waals surface area contributed by atoms with Crippen LogP contribution in [-0.4, -0.2) is 27.6 Å². The van der Waals surface area contributed by atoms with Gasteiger partial charge in [-0.1, -0.05) is 31.9 Å². The molecule has 0 aromatic heterocycles. The van der Waals surface area contributed by atoms with Crippen LogP contribution in [0.5, 0.6) is 5.75 Å². The van der Waals surface area contributed by atoms with E-state index in [4.69, 9.17) is 0 Å². The maximum atomic E-state index is 12.2. The van der Waals surface area contributed by atoms with Crippen LogP contribution in [0.2, 0.25) is 0 Å². The number of aliphatic carboxylic acids is 1. The summed E-state index contributed by atoms with van der Waals surface area (Å²) in [5.74, 6) is -1.44. The summed E-state index contributed by atoms with van der Waals surface area (Å²) in [5.41, 5.74) is -1.12. The molecule has 108 valence electrons. The summed E-state index contributed by atoms with van der Waals surface area (Å²) in [6.45, 7) is 1.99. The Balaban J connectivity index is 2.23. The summed E-state index contributed by atoms with van der Waals surface area (Å²) in [6.07, 6.45) is 2.59. The van der Waals surface area contributed by atoms with Crippen molar-refractivity contribution in [2.24, 2.45) is 5.92 Å². The molecule has 20 heavy (non-hydrogen) atoms. The van der Waals surface area contributed by atoms with Crippen LogP contribution in [0.15, 0.2) is 24.3 Å². The zero-order chi connectivity index (χ0) is 14.8. The van der Waals surface area contributed by atoms with Gasteiger partial charge in [0.25, 0.3) is 5.91 Å². The van der Waals surface area contributed by atoms with Gasteiger partial charge in [0.1, 0.15) is 11.3 Å². The highest BCUT2D eigenvalue weighted by molar-refractivity contribution is 5.99. The van der Waals surface area contributed by atoms with E-state index < -0.39 is 17.4 Å². The number of carboxylic acid groups (broad SMARTS) is 1. The standard InChI is InChI=1S/C15H19NO4/c1-10-5-4-8-15(9-10,14(19)20)16-13(18)11-6-2-3-7-12(11)17/h2-3,6-7,10,17H,4-5,8-9H2,1H3,(H,16,18)(H,19,20). The van der Waals surface area contributed by atoms with Crippen molar-refractivity contribution in [3.05, 3.63) is 29.8 Å². The van der Waals surface area contributed by atoms with Crippen LogP contribution in [0.25, 0.3) is 0 Å². The highest BCUT2D eigenvalue weighted by atomic mass is 16.4. The van der Waals surface area contributed by atoms with Crippen molar-refractivity contribution in [1.82, 2.24) is 5.32 Å². The molecule has 2 rings (SSSR count). The van der Waals surface area contributed by atoms with Gasteiger partial charge in [-0.2, -0.15) is 0 Å². The van der Waals surface area contributed by atoms with Gasteiger partial charge in [0, 0.05) is 0 Å². The fourth-order valence-corrected chi connectivity index (χ4v) is 2.86. The zero-order valence-electron chi connectivity index (χ0n) is 11.4. The van der Waals surface area contributed by atoms with E-state index in [2.05, 4.69) is 5.32 Å². The molecule has 0 heterocycles. The lowest BCUT2D eigenvalue weighted by Gasteiger charge is -2.37. The summed E-state index contributed by atoms with van der Waals surface area (Å²) in [7, 11) is 0. The lowest BCUT2D eigenvalue weighted by Crippen LogP contribution is -2.56. The maximum Gasteiger partial charge on any atom is 0.329 e. The van der Waals surface area contributed by atoms with Gasteiger partial charge in [0.05, 0.1) is 5.56 Å². The van der Waals surface area contributed by atoms with Crippen LogP contribution in [0, 0.1) is 5.92 Å². The number of rotatable bonds is 3. The number of amides is 1. The number of nitrogens with one attached hydrogen (secondary N) is 1. The minimum absolute atomic E-state index is 0.103. The van der Waals surface area contributed by atoms with Crippen molar-refractivity contribution in [1.29, 1.82) is 0 Å². The second kappa shape index (κ2) is 5.53. The number of aromatic hydroxyl groups is 1. The molecule has 1 saturated carbocycles. The summed E-state index contributed by atoms with van der Waals surface area (Å²) < 4.78 is 0. The third-order valence-electron chi connectivity index (χ3n) is 3.91. The molecular formula is C15H19NO4. The molecule has 5 heteroatoms. The average Bonchev–Trinajstić information content (AvgIpc) is 2.38. The maximum absolute atomic E-state index is 12.2. The van der Waals surface area contributed by atoms with Gasteiger partial charge in [0.2, 0.25) is 0 Å². The summed E-state index contributed by atoms with van der Waals surface area (Å²) in [5, 5.41) is 21.8. The molecule has 1 aromatic carbocycles. The van der Waals surface area contributed by atoms with Crippen molar-refractivity contribution < 1.29 is 19.8 Å².